The van der Waals surface area contributed by atoms with Crippen molar-refractivity contribution < 1.29 is 19.1 Å². The molecule has 6 aromatic rings. The predicted molar refractivity (Wildman–Crippen MR) is 200 cm³/mol. The fraction of sp³-hybridized carbons (Fsp3) is 0.136. The number of ether oxygens (including phenoxy) is 2. The lowest BCUT2D eigenvalue weighted by Crippen LogP contribution is -2.23. The molecule has 7 rings (SSSR count). The normalized spacial score (nSPS) is 11.8. The molecule has 0 heterocycles. The molecule has 0 aromatic heterocycles. The van der Waals surface area contributed by atoms with Gasteiger partial charge in [0, 0.05) is 22.5 Å². The van der Waals surface area contributed by atoms with Gasteiger partial charge in [-0.2, -0.15) is 0 Å². The first-order valence-electron chi connectivity index (χ1n) is 16.7. The number of aryl methyl sites for hydroxylation is 4. The molecule has 0 saturated heterocycles. The van der Waals surface area contributed by atoms with E-state index in [1.807, 2.05) is 125 Å². The van der Waals surface area contributed by atoms with Crippen molar-refractivity contribution in [3.63, 3.8) is 0 Å². The van der Waals surface area contributed by atoms with E-state index in [0.717, 1.165) is 56.3 Å². The molecule has 1 aliphatic carbocycles. The molecular formula is C44H38N2O4. The molecule has 0 bridgehead atoms. The summed E-state index contributed by atoms with van der Waals surface area (Å²) in [4.78, 5) is 28.4. The average Bonchev–Trinajstić information content (AvgIpc) is 3.13. The number of ketones is 2. The van der Waals surface area contributed by atoms with Crippen LogP contribution in [0.5, 0.6) is 11.5 Å². The minimum Gasteiger partial charge on any atom is -0.489 e. The molecule has 0 spiro atoms. The van der Waals surface area contributed by atoms with Crippen molar-refractivity contribution in [2.45, 2.75) is 40.9 Å². The summed E-state index contributed by atoms with van der Waals surface area (Å²) in [5.41, 5.74) is 10.4. The van der Waals surface area contributed by atoms with Crippen LogP contribution in [0.3, 0.4) is 0 Å². The van der Waals surface area contributed by atoms with Gasteiger partial charge in [-0.3, -0.25) is 9.59 Å². The fourth-order valence-electron chi connectivity index (χ4n) is 6.59. The van der Waals surface area contributed by atoms with Gasteiger partial charge < -0.3 is 20.1 Å². The van der Waals surface area contributed by atoms with Crippen LogP contribution in [-0.4, -0.2) is 11.6 Å². The minimum absolute atomic E-state index is 0.197. The highest BCUT2D eigenvalue weighted by Crippen LogP contribution is 2.41. The topological polar surface area (TPSA) is 76.7 Å². The zero-order valence-electron chi connectivity index (χ0n) is 28.6. The van der Waals surface area contributed by atoms with Gasteiger partial charge in [0.25, 0.3) is 0 Å². The van der Waals surface area contributed by atoms with Gasteiger partial charge in [0.15, 0.2) is 11.6 Å². The Morgan fingerprint density at radius 1 is 0.460 bits per heavy atom. The average molecular weight is 659 g/mol. The molecule has 6 nitrogen and oxygen atoms in total. The maximum atomic E-state index is 14.2. The Morgan fingerprint density at radius 3 is 1.16 bits per heavy atom. The van der Waals surface area contributed by atoms with Crippen LogP contribution in [0, 0.1) is 27.7 Å². The summed E-state index contributed by atoms with van der Waals surface area (Å²) in [6.45, 7) is 8.96. The predicted octanol–water partition coefficient (Wildman–Crippen LogP) is 10.3. The van der Waals surface area contributed by atoms with Gasteiger partial charge >= 0.3 is 0 Å². The molecule has 0 atom stereocenters. The van der Waals surface area contributed by atoms with Crippen LogP contribution in [0.15, 0.2) is 121 Å². The summed E-state index contributed by atoms with van der Waals surface area (Å²) < 4.78 is 12.2. The highest BCUT2D eigenvalue weighted by Gasteiger charge is 2.34. The number of hydrogen-bond donors (Lipinski definition) is 2. The summed E-state index contributed by atoms with van der Waals surface area (Å²) in [5, 5.41) is 7.05. The van der Waals surface area contributed by atoms with E-state index in [0.29, 0.717) is 46.8 Å². The zero-order chi connectivity index (χ0) is 34.8. The molecule has 0 aliphatic heterocycles. The first-order chi connectivity index (χ1) is 24.3. The number of hydrogen-bond acceptors (Lipinski definition) is 6. The maximum Gasteiger partial charge on any atom is 0.196 e. The van der Waals surface area contributed by atoms with Crippen molar-refractivity contribution in [1.82, 2.24) is 0 Å². The second-order valence-electron chi connectivity index (χ2n) is 12.8. The third-order valence-electron chi connectivity index (χ3n) is 9.10. The number of carbonyl (C=O) groups excluding carboxylic acids is 2. The van der Waals surface area contributed by atoms with Gasteiger partial charge in [-0.25, -0.2) is 0 Å². The Bertz CT molecular complexity index is 2040. The van der Waals surface area contributed by atoms with E-state index >= 15 is 0 Å². The van der Waals surface area contributed by atoms with E-state index in [1.165, 1.54) is 0 Å². The van der Waals surface area contributed by atoms with Crippen LogP contribution >= 0.6 is 0 Å². The Labute approximate surface area is 292 Å². The van der Waals surface area contributed by atoms with Gasteiger partial charge in [-0.05, 0) is 97.5 Å². The van der Waals surface area contributed by atoms with Crippen LogP contribution in [-0.2, 0) is 13.2 Å². The van der Waals surface area contributed by atoms with Gasteiger partial charge in [0.1, 0.15) is 24.7 Å². The maximum absolute atomic E-state index is 14.2. The van der Waals surface area contributed by atoms with E-state index in [-0.39, 0.29) is 11.6 Å². The molecule has 0 unspecified atom stereocenters. The van der Waals surface area contributed by atoms with E-state index in [2.05, 4.69) is 10.6 Å². The number of benzene rings is 6. The van der Waals surface area contributed by atoms with Crippen LogP contribution in [0.25, 0.3) is 0 Å². The summed E-state index contributed by atoms with van der Waals surface area (Å²) in [6.07, 6.45) is 0. The Morgan fingerprint density at radius 2 is 0.800 bits per heavy atom. The number of rotatable bonds is 10. The molecular weight excluding hydrogens is 620 g/mol. The van der Waals surface area contributed by atoms with E-state index in [4.69, 9.17) is 9.47 Å². The van der Waals surface area contributed by atoms with Gasteiger partial charge in [-0.1, -0.05) is 84.9 Å². The lowest BCUT2D eigenvalue weighted by molar-refractivity contribution is 0.0980. The highest BCUT2D eigenvalue weighted by atomic mass is 16.5. The molecule has 0 radical (unpaired) electrons. The van der Waals surface area contributed by atoms with E-state index < -0.39 is 0 Å². The Kier molecular flexibility index (Phi) is 8.92. The number of nitrogens with one attached hydrogen (secondary N) is 2. The zero-order valence-corrected chi connectivity index (χ0v) is 28.6. The van der Waals surface area contributed by atoms with E-state index in [1.54, 1.807) is 24.3 Å². The number of fused-ring (bicyclic) bond motifs is 2. The minimum atomic E-state index is -0.197. The summed E-state index contributed by atoms with van der Waals surface area (Å²) in [6, 6.07) is 38.8. The number of anilines is 4. The second kappa shape index (κ2) is 13.8. The Hall–Kier alpha value is -6.14. The largest absolute Gasteiger partial charge is 0.489 e. The Balaban J connectivity index is 1.22. The third kappa shape index (κ3) is 6.48. The van der Waals surface area contributed by atoms with Crippen molar-refractivity contribution in [3.8, 4) is 11.5 Å². The van der Waals surface area contributed by atoms with Crippen LogP contribution < -0.4 is 20.1 Å². The lowest BCUT2D eigenvalue weighted by atomic mass is 9.82. The SMILES string of the molecule is Cc1cc(OCc2ccccc2)cc(C)c1Nc1ccc(Nc2c(C)cc(OCc3ccccc3)cc2C)c2c1C(=O)c1ccccc1C2=O. The summed E-state index contributed by atoms with van der Waals surface area (Å²) in [5.74, 6) is 1.13. The molecule has 248 valence electrons. The van der Waals surface area contributed by atoms with Crippen molar-refractivity contribution in [3.05, 3.63) is 177 Å². The van der Waals surface area contributed by atoms with Gasteiger partial charge in [-0.15, -0.1) is 0 Å². The number of carbonyl (C=O) groups is 2. The first kappa shape index (κ1) is 32.4. The second-order valence-corrected chi connectivity index (χ2v) is 12.8. The smallest absolute Gasteiger partial charge is 0.196 e. The third-order valence-corrected chi connectivity index (χ3v) is 9.10. The van der Waals surface area contributed by atoms with Crippen molar-refractivity contribution in [2.75, 3.05) is 10.6 Å². The van der Waals surface area contributed by atoms with Crippen LogP contribution in [0.2, 0.25) is 0 Å². The first-order valence-corrected chi connectivity index (χ1v) is 16.7. The van der Waals surface area contributed by atoms with Crippen molar-refractivity contribution >= 4 is 34.3 Å². The molecule has 0 amide bonds. The van der Waals surface area contributed by atoms with E-state index in [9.17, 15) is 9.59 Å². The fourth-order valence-corrected chi connectivity index (χ4v) is 6.59. The molecule has 50 heavy (non-hydrogen) atoms. The van der Waals surface area contributed by atoms with Crippen LogP contribution in [0.1, 0.15) is 65.2 Å². The quantitative estimate of drug-likeness (QED) is 0.152. The molecule has 0 fully saturated rings. The summed E-state index contributed by atoms with van der Waals surface area (Å²) in [7, 11) is 0. The lowest BCUT2D eigenvalue weighted by Gasteiger charge is -2.25. The molecule has 2 N–H and O–H groups in total. The standard InChI is InChI=1S/C44H38N2O4/c1-27-21-33(49-25-31-13-7-5-8-14-31)22-28(2)41(27)45-37-19-20-38(40-39(37)43(47)35-17-11-12-18-36(35)44(40)48)46-42-29(3)23-34(24-30(42)4)50-26-32-15-9-6-10-16-32/h5-24,45-46H,25-26H2,1-4H3. The molecule has 1 aliphatic rings. The van der Waals surface area contributed by atoms with Crippen molar-refractivity contribution in [2.24, 2.45) is 0 Å². The van der Waals surface area contributed by atoms with Gasteiger partial charge in [0.2, 0.25) is 0 Å². The summed E-state index contributed by atoms with van der Waals surface area (Å²) >= 11 is 0. The highest BCUT2D eigenvalue weighted by molar-refractivity contribution is 6.32. The van der Waals surface area contributed by atoms with Crippen LogP contribution in [0.4, 0.5) is 22.7 Å². The molecule has 0 saturated carbocycles. The van der Waals surface area contributed by atoms with Crippen molar-refractivity contribution in [1.29, 1.82) is 0 Å². The molecule has 6 heteroatoms. The molecule has 6 aromatic carbocycles. The monoisotopic (exact) mass is 658 g/mol. The van der Waals surface area contributed by atoms with Gasteiger partial charge in [0.05, 0.1) is 22.5 Å².